The van der Waals surface area contributed by atoms with Gasteiger partial charge in [-0.3, -0.25) is 4.90 Å². The minimum atomic E-state index is -4.49. The SMILES string of the molecule is CCCCc1nc2c(N)nc3ccccc3c2n1Cc1c(C)cc(CN(CCC2CC2)C(C)(C)C)cc1C(F)(F)F. The zero-order valence-electron chi connectivity index (χ0n) is 24.9. The van der Waals surface area contributed by atoms with E-state index in [1.165, 1.54) is 18.9 Å². The van der Waals surface area contributed by atoms with E-state index in [4.69, 9.17) is 10.7 Å². The summed E-state index contributed by atoms with van der Waals surface area (Å²) >= 11 is 0. The summed E-state index contributed by atoms with van der Waals surface area (Å²) in [6.07, 6.45) is 1.62. The number of para-hydroxylation sites is 1. The Labute approximate surface area is 241 Å². The van der Waals surface area contributed by atoms with Crippen LogP contribution in [-0.2, 0) is 25.7 Å². The number of hydrogen-bond donors (Lipinski definition) is 1. The molecule has 1 fully saturated rings. The Bertz CT molecular complexity index is 1540. The lowest BCUT2D eigenvalue weighted by Crippen LogP contribution is -2.41. The molecule has 0 aliphatic heterocycles. The Morgan fingerprint density at radius 1 is 1.07 bits per heavy atom. The molecule has 0 amide bonds. The number of alkyl halides is 3. The Balaban J connectivity index is 1.61. The number of hydrogen-bond acceptors (Lipinski definition) is 4. The van der Waals surface area contributed by atoms with Gasteiger partial charge in [0.25, 0.3) is 0 Å². The number of rotatable bonds is 10. The molecule has 220 valence electrons. The molecule has 5 nitrogen and oxygen atoms in total. The van der Waals surface area contributed by atoms with Gasteiger partial charge in [-0.1, -0.05) is 50.5 Å². The highest BCUT2D eigenvalue weighted by molar-refractivity contribution is 6.06. The Hall–Kier alpha value is -3.13. The van der Waals surface area contributed by atoms with Crippen LogP contribution in [-0.4, -0.2) is 31.5 Å². The number of nitrogens with two attached hydrogens (primary N) is 1. The summed E-state index contributed by atoms with van der Waals surface area (Å²) in [6.45, 7) is 11.8. The number of fused-ring (bicyclic) bond motifs is 3. The minimum absolute atomic E-state index is 0.0641. The van der Waals surface area contributed by atoms with Gasteiger partial charge in [0, 0.05) is 23.9 Å². The smallest absolute Gasteiger partial charge is 0.382 e. The molecule has 0 bridgehead atoms. The van der Waals surface area contributed by atoms with Gasteiger partial charge in [-0.25, -0.2) is 9.97 Å². The maximum atomic E-state index is 14.7. The van der Waals surface area contributed by atoms with Crippen molar-refractivity contribution in [2.24, 2.45) is 5.92 Å². The maximum absolute atomic E-state index is 14.7. The van der Waals surface area contributed by atoms with Crippen molar-refractivity contribution in [3.8, 4) is 0 Å². The lowest BCUT2D eigenvalue weighted by Gasteiger charge is -2.36. The van der Waals surface area contributed by atoms with Crippen LogP contribution in [0.1, 0.15) is 87.9 Å². The van der Waals surface area contributed by atoms with E-state index in [9.17, 15) is 13.2 Å². The van der Waals surface area contributed by atoms with Crippen LogP contribution < -0.4 is 5.73 Å². The highest BCUT2D eigenvalue weighted by Gasteiger charge is 2.36. The predicted molar refractivity (Wildman–Crippen MR) is 161 cm³/mol. The summed E-state index contributed by atoms with van der Waals surface area (Å²) in [6, 6.07) is 10.9. The molecule has 2 N–H and O–H groups in total. The first-order valence-electron chi connectivity index (χ1n) is 14.8. The van der Waals surface area contributed by atoms with E-state index < -0.39 is 11.7 Å². The average Bonchev–Trinajstić information content (AvgIpc) is 3.65. The first kappa shape index (κ1) is 29.4. The number of imidazole rings is 1. The Kier molecular flexibility index (Phi) is 8.07. The highest BCUT2D eigenvalue weighted by Crippen LogP contribution is 2.38. The zero-order chi connectivity index (χ0) is 29.5. The van der Waals surface area contributed by atoms with Crippen LogP contribution in [0.2, 0.25) is 0 Å². The van der Waals surface area contributed by atoms with Crippen LogP contribution in [0.5, 0.6) is 0 Å². The summed E-state index contributed by atoms with van der Waals surface area (Å²) < 4.78 is 46.2. The van der Waals surface area contributed by atoms with Gasteiger partial charge in [-0.05, 0) is 81.8 Å². The van der Waals surface area contributed by atoms with Gasteiger partial charge in [-0.15, -0.1) is 0 Å². The second-order valence-corrected chi connectivity index (χ2v) is 12.7. The number of nitrogen functional groups attached to an aromatic ring is 1. The third-order valence-corrected chi connectivity index (χ3v) is 8.42. The lowest BCUT2D eigenvalue weighted by molar-refractivity contribution is -0.138. The monoisotopic (exact) mass is 565 g/mol. The van der Waals surface area contributed by atoms with Gasteiger partial charge < -0.3 is 10.3 Å². The van der Waals surface area contributed by atoms with Crippen molar-refractivity contribution < 1.29 is 13.2 Å². The van der Waals surface area contributed by atoms with Gasteiger partial charge in [0.2, 0.25) is 0 Å². The molecule has 2 heterocycles. The molecule has 41 heavy (non-hydrogen) atoms. The number of halogens is 3. The topological polar surface area (TPSA) is 60.0 Å². The van der Waals surface area contributed by atoms with Crippen molar-refractivity contribution in [1.82, 2.24) is 19.4 Å². The van der Waals surface area contributed by atoms with E-state index in [-0.39, 0.29) is 17.6 Å². The van der Waals surface area contributed by atoms with E-state index >= 15 is 0 Å². The number of nitrogens with zero attached hydrogens (tertiary/aromatic N) is 4. The third-order valence-electron chi connectivity index (χ3n) is 8.42. The number of anilines is 1. The minimum Gasteiger partial charge on any atom is -0.382 e. The predicted octanol–water partition coefficient (Wildman–Crippen LogP) is 8.29. The number of aryl methyl sites for hydroxylation is 2. The van der Waals surface area contributed by atoms with E-state index in [1.807, 2.05) is 34.9 Å². The molecule has 8 heteroatoms. The van der Waals surface area contributed by atoms with Crippen molar-refractivity contribution in [3.05, 3.63) is 64.5 Å². The van der Waals surface area contributed by atoms with Crippen LogP contribution >= 0.6 is 0 Å². The summed E-state index contributed by atoms with van der Waals surface area (Å²) in [7, 11) is 0. The second kappa shape index (κ2) is 11.3. The van der Waals surface area contributed by atoms with Crippen molar-refractivity contribution >= 4 is 27.8 Å². The maximum Gasteiger partial charge on any atom is 0.416 e. The molecule has 0 radical (unpaired) electrons. The standard InChI is InChI=1S/C33H42F3N5/c1-6-7-12-28-39-29-30(24-10-8-9-11-27(24)38-31(29)37)41(28)20-25-21(2)17-23(18-26(25)33(34,35)36)19-40(32(3,4)5)16-15-22-13-14-22/h8-11,17-18,22H,6-7,12-16,19-20H2,1-5H3,(H2,37,38). The highest BCUT2D eigenvalue weighted by atomic mass is 19.4. The first-order chi connectivity index (χ1) is 19.4. The van der Waals surface area contributed by atoms with Crippen LogP contribution in [0.15, 0.2) is 36.4 Å². The fraction of sp³-hybridized carbons (Fsp3) is 0.515. The lowest BCUT2D eigenvalue weighted by atomic mass is 9.96. The van der Waals surface area contributed by atoms with Crippen LogP contribution in [0.4, 0.5) is 19.0 Å². The normalized spacial score (nSPS) is 14.6. The van der Waals surface area contributed by atoms with E-state index in [2.05, 4.69) is 37.6 Å². The summed E-state index contributed by atoms with van der Waals surface area (Å²) in [5, 5.41) is 0.839. The molecule has 4 aromatic rings. The molecule has 1 aliphatic carbocycles. The molecular weight excluding hydrogens is 523 g/mol. The van der Waals surface area contributed by atoms with E-state index in [1.54, 1.807) is 6.92 Å². The molecule has 2 aromatic carbocycles. The Morgan fingerprint density at radius 2 is 1.80 bits per heavy atom. The van der Waals surface area contributed by atoms with E-state index in [0.29, 0.717) is 40.9 Å². The summed E-state index contributed by atoms with van der Waals surface area (Å²) in [5.74, 6) is 1.80. The van der Waals surface area contributed by atoms with Crippen LogP contribution in [0, 0.1) is 12.8 Å². The summed E-state index contributed by atoms with van der Waals surface area (Å²) in [5.41, 5.74) is 9.24. The van der Waals surface area contributed by atoms with Crippen LogP contribution in [0.25, 0.3) is 21.9 Å². The quantitative estimate of drug-likeness (QED) is 0.210. The van der Waals surface area contributed by atoms with Crippen molar-refractivity contribution in [2.75, 3.05) is 12.3 Å². The molecule has 1 saturated carbocycles. The molecule has 1 aliphatic rings. The number of benzene rings is 2. The zero-order valence-corrected chi connectivity index (χ0v) is 24.9. The average molecular weight is 566 g/mol. The van der Waals surface area contributed by atoms with Gasteiger partial charge in [0.05, 0.1) is 23.1 Å². The molecule has 0 atom stereocenters. The largest absolute Gasteiger partial charge is 0.416 e. The molecular formula is C33H42F3N5. The van der Waals surface area contributed by atoms with Gasteiger partial charge >= 0.3 is 6.18 Å². The summed E-state index contributed by atoms with van der Waals surface area (Å²) in [4.78, 5) is 11.7. The fourth-order valence-corrected chi connectivity index (χ4v) is 5.82. The second-order valence-electron chi connectivity index (χ2n) is 12.7. The van der Waals surface area contributed by atoms with E-state index in [0.717, 1.165) is 48.5 Å². The number of aromatic nitrogens is 3. The first-order valence-corrected chi connectivity index (χ1v) is 14.8. The third kappa shape index (κ3) is 6.37. The molecule has 0 unspecified atom stereocenters. The van der Waals surface area contributed by atoms with Crippen molar-refractivity contribution in [2.45, 2.75) is 97.9 Å². The molecule has 5 rings (SSSR count). The molecule has 2 aromatic heterocycles. The number of unbranched alkanes of at least 4 members (excludes halogenated alkanes) is 1. The van der Waals surface area contributed by atoms with Crippen molar-refractivity contribution in [3.63, 3.8) is 0 Å². The van der Waals surface area contributed by atoms with Gasteiger partial charge in [-0.2, -0.15) is 13.2 Å². The van der Waals surface area contributed by atoms with Gasteiger partial charge in [0.1, 0.15) is 11.3 Å². The Morgan fingerprint density at radius 3 is 2.46 bits per heavy atom. The molecule has 0 spiro atoms. The van der Waals surface area contributed by atoms with Crippen molar-refractivity contribution in [1.29, 1.82) is 0 Å². The fourth-order valence-electron chi connectivity index (χ4n) is 5.82. The van der Waals surface area contributed by atoms with Gasteiger partial charge in [0.15, 0.2) is 5.82 Å². The molecule has 0 saturated heterocycles. The van der Waals surface area contributed by atoms with Crippen LogP contribution in [0.3, 0.4) is 0 Å². The number of pyridine rings is 1.